The van der Waals surface area contributed by atoms with Gasteiger partial charge in [0.1, 0.15) is 0 Å². The molecule has 0 saturated carbocycles. The van der Waals surface area contributed by atoms with Gasteiger partial charge in [-0.05, 0) is 31.0 Å². The van der Waals surface area contributed by atoms with E-state index in [0.717, 1.165) is 18.5 Å². The van der Waals surface area contributed by atoms with Crippen molar-refractivity contribution in [1.82, 2.24) is 4.90 Å². The third-order valence-electron chi connectivity index (χ3n) is 3.48. The molecule has 3 nitrogen and oxygen atoms in total. The summed E-state index contributed by atoms with van der Waals surface area (Å²) in [6, 6.07) is 7.39. The third kappa shape index (κ3) is 5.61. The Labute approximate surface area is 128 Å². The monoisotopic (exact) mass is 287 g/mol. The van der Waals surface area contributed by atoms with Crippen LogP contribution in [0.15, 0.2) is 24.3 Å². The lowest BCUT2D eigenvalue weighted by Gasteiger charge is -2.24. The molecule has 1 amide bonds. The number of aliphatic hydroxyl groups excluding tert-OH is 1. The highest BCUT2D eigenvalue weighted by Crippen LogP contribution is 2.11. The molecular formula is C18H25NO2. The normalized spacial score (nSPS) is 11.4. The number of hydrogen-bond acceptors (Lipinski definition) is 2. The molecule has 21 heavy (non-hydrogen) atoms. The number of hydrogen-bond donors (Lipinski definition) is 1. The van der Waals surface area contributed by atoms with Crippen LogP contribution in [0.3, 0.4) is 0 Å². The predicted octanol–water partition coefficient (Wildman–Crippen LogP) is 2.93. The SMILES string of the molecule is CCC(C)CN(CC)C(=O)c1cccc(C#CCCO)c1. The molecule has 0 fully saturated rings. The van der Waals surface area contributed by atoms with E-state index < -0.39 is 0 Å². The van der Waals surface area contributed by atoms with Gasteiger partial charge in [-0.15, -0.1) is 0 Å². The van der Waals surface area contributed by atoms with Crippen LogP contribution in [0.1, 0.15) is 49.5 Å². The summed E-state index contributed by atoms with van der Waals surface area (Å²) in [6.07, 6.45) is 1.52. The summed E-state index contributed by atoms with van der Waals surface area (Å²) in [6.45, 7) is 7.86. The van der Waals surface area contributed by atoms with Crippen LogP contribution in [0.2, 0.25) is 0 Å². The molecule has 0 heterocycles. The van der Waals surface area contributed by atoms with Gasteiger partial charge in [0, 0.05) is 30.6 Å². The van der Waals surface area contributed by atoms with E-state index in [0.29, 0.717) is 24.4 Å². The summed E-state index contributed by atoms with van der Waals surface area (Å²) in [5.74, 6) is 6.41. The second-order valence-corrected chi connectivity index (χ2v) is 5.21. The molecule has 1 unspecified atom stereocenters. The zero-order valence-electron chi connectivity index (χ0n) is 13.2. The molecule has 0 aliphatic carbocycles. The van der Waals surface area contributed by atoms with Gasteiger partial charge in [0.25, 0.3) is 5.91 Å². The molecule has 1 aromatic carbocycles. The van der Waals surface area contributed by atoms with Crippen LogP contribution in [0, 0.1) is 17.8 Å². The van der Waals surface area contributed by atoms with Gasteiger partial charge >= 0.3 is 0 Å². The van der Waals surface area contributed by atoms with Crippen molar-refractivity contribution in [3.8, 4) is 11.8 Å². The van der Waals surface area contributed by atoms with Gasteiger partial charge in [-0.3, -0.25) is 4.79 Å². The smallest absolute Gasteiger partial charge is 0.253 e. The minimum Gasteiger partial charge on any atom is -0.395 e. The van der Waals surface area contributed by atoms with Crippen LogP contribution >= 0.6 is 0 Å². The number of rotatable bonds is 6. The lowest BCUT2D eigenvalue weighted by Crippen LogP contribution is -2.34. The highest BCUT2D eigenvalue weighted by Gasteiger charge is 2.16. The van der Waals surface area contributed by atoms with Crippen LogP contribution in [0.5, 0.6) is 0 Å². The first kappa shape index (κ1) is 17.3. The molecular weight excluding hydrogens is 262 g/mol. The summed E-state index contributed by atoms with van der Waals surface area (Å²) >= 11 is 0. The summed E-state index contributed by atoms with van der Waals surface area (Å²) in [5, 5.41) is 8.74. The van der Waals surface area contributed by atoms with E-state index >= 15 is 0 Å². The number of carbonyl (C=O) groups is 1. The van der Waals surface area contributed by atoms with Crippen LogP contribution in [0.25, 0.3) is 0 Å². The first-order valence-corrected chi connectivity index (χ1v) is 7.61. The van der Waals surface area contributed by atoms with Gasteiger partial charge in [0.15, 0.2) is 0 Å². The maximum absolute atomic E-state index is 12.5. The van der Waals surface area contributed by atoms with E-state index in [-0.39, 0.29) is 12.5 Å². The maximum Gasteiger partial charge on any atom is 0.253 e. The van der Waals surface area contributed by atoms with Crippen LogP contribution in [0.4, 0.5) is 0 Å². The Morgan fingerprint density at radius 1 is 1.38 bits per heavy atom. The Balaban J connectivity index is 2.86. The fourth-order valence-electron chi connectivity index (χ4n) is 1.99. The van der Waals surface area contributed by atoms with Crippen molar-refractivity contribution in [1.29, 1.82) is 0 Å². The van der Waals surface area contributed by atoms with Gasteiger partial charge in [-0.1, -0.05) is 38.2 Å². The standard InChI is InChI=1S/C18H25NO2/c1-4-15(3)14-19(5-2)18(21)17-11-8-10-16(13-17)9-6-7-12-20/h8,10-11,13,15,20H,4-5,7,12,14H2,1-3H3. The molecule has 0 bridgehead atoms. The Kier molecular flexibility index (Phi) is 7.56. The zero-order valence-corrected chi connectivity index (χ0v) is 13.2. The Bertz CT molecular complexity index is 513. The summed E-state index contributed by atoms with van der Waals surface area (Å²) < 4.78 is 0. The van der Waals surface area contributed by atoms with Gasteiger partial charge in [0.2, 0.25) is 0 Å². The second kappa shape index (κ2) is 9.20. The van der Waals surface area contributed by atoms with Gasteiger partial charge in [-0.2, -0.15) is 0 Å². The molecule has 0 aliphatic heterocycles. The second-order valence-electron chi connectivity index (χ2n) is 5.21. The first-order chi connectivity index (χ1) is 10.1. The van der Waals surface area contributed by atoms with Gasteiger partial charge in [0.05, 0.1) is 6.61 Å². The van der Waals surface area contributed by atoms with Crippen LogP contribution < -0.4 is 0 Å². The quantitative estimate of drug-likeness (QED) is 0.817. The minimum absolute atomic E-state index is 0.0589. The topological polar surface area (TPSA) is 40.5 Å². The highest BCUT2D eigenvalue weighted by atomic mass is 16.2. The van der Waals surface area contributed by atoms with E-state index in [4.69, 9.17) is 5.11 Å². The van der Waals surface area contributed by atoms with E-state index in [9.17, 15) is 4.79 Å². The van der Waals surface area contributed by atoms with Crippen molar-refractivity contribution in [2.75, 3.05) is 19.7 Å². The fraction of sp³-hybridized carbons (Fsp3) is 0.500. The number of carbonyl (C=O) groups excluding carboxylic acids is 1. The number of nitrogens with zero attached hydrogens (tertiary/aromatic N) is 1. The molecule has 0 spiro atoms. The molecule has 1 aromatic rings. The number of aliphatic hydroxyl groups is 1. The van der Waals surface area contributed by atoms with Crippen LogP contribution in [-0.2, 0) is 0 Å². The molecule has 0 radical (unpaired) electrons. The summed E-state index contributed by atoms with van der Waals surface area (Å²) in [7, 11) is 0. The zero-order chi connectivity index (χ0) is 15.7. The average Bonchev–Trinajstić information content (AvgIpc) is 2.52. The van der Waals surface area contributed by atoms with Crippen molar-refractivity contribution < 1.29 is 9.90 Å². The average molecular weight is 287 g/mol. The highest BCUT2D eigenvalue weighted by molar-refractivity contribution is 5.94. The first-order valence-electron chi connectivity index (χ1n) is 7.61. The maximum atomic E-state index is 12.5. The molecule has 114 valence electrons. The fourth-order valence-corrected chi connectivity index (χ4v) is 1.99. The van der Waals surface area contributed by atoms with Gasteiger partial charge < -0.3 is 10.0 Å². The van der Waals surface area contributed by atoms with E-state index in [1.807, 2.05) is 36.1 Å². The minimum atomic E-state index is 0.0589. The Morgan fingerprint density at radius 2 is 2.14 bits per heavy atom. The van der Waals surface area contributed by atoms with Gasteiger partial charge in [-0.25, -0.2) is 0 Å². The van der Waals surface area contributed by atoms with Crippen molar-refractivity contribution >= 4 is 5.91 Å². The predicted molar refractivity (Wildman–Crippen MR) is 86.1 cm³/mol. The lowest BCUT2D eigenvalue weighted by atomic mass is 10.1. The van der Waals surface area contributed by atoms with Crippen molar-refractivity contribution in [2.24, 2.45) is 5.92 Å². The Hall–Kier alpha value is -1.79. The summed E-state index contributed by atoms with van der Waals surface area (Å²) in [5.41, 5.74) is 1.49. The molecule has 1 rings (SSSR count). The van der Waals surface area contributed by atoms with E-state index in [2.05, 4.69) is 25.7 Å². The molecule has 1 atom stereocenters. The third-order valence-corrected chi connectivity index (χ3v) is 3.48. The molecule has 0 aromatic heterocycles. The van der Waals surface area contributed by atoms with E-state index in [1.165, 1.54) is 0 Å². The number of benzene rings is 1. The molecule has 0 aliphatic rings. The molecule has 0 saturated heterocycles. The van der Waals surface area contributed by atoms with Crippen molar-refractivity contribution in [3.05, 3.63) is 35.4 Å². The molecule has 3 heteroatoms. The van der Waals surface area contributed by atoms with Crippen molar-refractivity contribution in [2.45, 2.75) is 33.6 Å². The number of amides is 1. The Morgan fingerprint density at radius 3 is 2.76 bits per heavy atom. The van der Waals surface area contributed by atoms with E-state index in [1.54, 1.807) is 0 Å². The largest absolute Gasteiger partial charge is 0.395 e. The summed E-state index contributed by atoms with van der Waals surface area (Å²) in [4.78, 5) is 14.4. The van der Waals surface area contributed by atoms with Crippen LogP contribution in [-0.4, -0.2) is 35.6 Å². The molecule has 1 N–H and O–H groups in total. The lowest BCUT2D eigenvalue weighted by molar-refractivity contribution is 0.0741. The van der Waals surface area contributed by atoms with Crippen molar-refractivity contribution in [3.63, 3.8) is 0 Å².